The average Bonchev–Trinajstić information content (AvgIpc) is 3.15. The molecule has 0 radical (unpaired) electrons. The van der Waals surface area contributed by atoms with E-state index in [1.165, 1.54) is 27.6 Å². The lowest BCUT2D eigenvalue weighted by molar-refractivity contribution is 0.242. The Labute approximate surface area is 177 Å². The summed E-state index contributed by atoms with van der Waals surface area (Å²) in [5.41, 5.74) is 13.9. The van der Waals surface area contributed by atoms with Gasteiger partial charge in [0.2, 0.25) is 0 Å². The van der Waals surface area contributed by atoms with E-state index in [1.807, 2.05) is 30.5 Å². The van der Waals surface area contributed by atoms with Gasteiger partial charge in [-0.05, 0) is 59.4 Å². The number of aromatic amines is 1. The fraction of sp³-hybridized carbons (Fsp3) is 0.280. The summed E-state index contributed by atoms with van der Waals surface area (Å²) in [6.45, 7) is 7.25. The monoisotopic (exact) mass is 397 g/mol. The highest BCUT2D eigenvalue weighted by molar-refractivity contribution is 5.83. The lowest BCUT2D eigenvalue weighted by Crippen LogP contribution is -2.31. The van der Waals surface area contributed by atoms with Gasteiger partial charge in [0.25, 0.3) is 0 Å². The molecule has 30 heavy (non-hydrogen) atoms. The minimum atomic E-state index is 0.537. The number of fused-ring (bicyclic) bond motifs is 2. The highest BCUT2D eigenvalue weighted by Gasteiger charge is 2.20. The molecule has 0 fully saturated rings. The SMILES string of the molecule is CC(C)c1ccc2c(CN3CCc4cnc(-c5ccc(N)cc5)nc4C3)c[nH]c2c1. The van der Waals surface area contributed by atoms with Crippen LogP contribution < -0.4 is 5.73 Å². The number of anilines is 1. The van der Waals surface area contributed by atoms with Crippen LogP contribution in [0.5, 0.6) is 0 Å². The molecule has 0 saturated carbocycles. The molecule has 0 saturated heterocycles. The molecule has 152 valence electrons. The molecule has 4 aromatic rings. The number of nitrogens with two attached hydrogens (primary N) is 1. The third-order valence-corrected chi connectivity index (χ3v) is 6.05. The van der Waals surface area contributed by atoms with Crippen LogP contribution in [0.3, 0.4) is 0 Å². The van der Waals surface area contributed by atoms with Crippen molar-refractivity contribution < 1.29 is 0 Å². The zero-order valence-corrected chi connectivity index (χ0v) is 17.5. The van der Waals surface area contributed by atoms with Gasteiger partial charge in [-0.2, -0.15) is 0 Å². The Hall–Kier alpha value is -3.18. The predicted octanol–water partition coefficient (Wildman–Crippen LogP) is 4.89. The normalized spacial score (nSPS) is 14.4. The number of nitrogen functional groups attached to an aromatic ring is 1. The van der Waals surface area contributed by atoms with E-state index in [4.69, 9.17) is 10.7 Å². The largest absolute Gasteiger partial charge is 0.399 e. The second-order valence-corrected chi connectivity index (χ2v) is 8.52. The summed E-state index contributed by atoms with van der Waals surface area (Å²) < 4.78 is 0. The fourth-order valence-electron chi connectivity index (χ4n) is 4.20. The number of nitrogens with zero attached hydrogens (tertiary/aromatic N) is 3. The molecule has 0 bridgehead atoms. The molecule has 3 N–H and O–H groups in total. The van der Waals surface area contributed by atoms with Gasteiger partial charge >= 0.3 is 0 Å². The van der Waals surface area contributed by atoms with Gasteiger partial charge in [0.1, 0.15) is 0 Å². The number of nitrogens with one attached hydrogen (secondary N) is 1. The summed E-state index contributed by atoms with van der Waals surface area (Å²) in [4.78, 5) is 15.4. The van der Waals surface area contributed by atoms with Crippen LogP contribution in [0, 0.1) is 0 Å². The molecule has 2 aromatic heterocycles. The van der Waals surface area contributed by atoms with Crippen molar-refractivity contribution in [2.75, 3.05) is 12.3 Å². The Kier molecular flexibility index (Phi) is 4.75. The molecule has 3 heterocycles. The molecule has 1 aliphatic heterocycles. The van der Waals surface area contributed by atoms with Crippen molar-refractivity contribution >= 4 is 16.6 Å². The fourth-order valence-corrected chi connectivity index (χ4v) is 4.20. The van der Waals surface area contributed by atoms with Crippen molar-refractivity contribution in [2.45, 2.75) is 39.3 Å². The van der Waals surface area contributed by atoms with E-state index in [1.54, 1.807) is 0 Å². The van der Waals surface area contributed by atoms with E-state index in [0.717, 1.165) is 48.8 Å². The maximum atomic E-state index is 5.81. The lowest BCUT2D eigenvalue weighted by Gasteiger charge is -2.27. The Bertz CT molecular complexity index is 1190. The molecular formula is C25H27N5. The molecule has 0 atom stereocenters. The van der Waals surface area contributed by atoms with Gasteiger partial charge in [0.15, 0.2) is 5.82 Å². The average molecular weight is 398 g/mol. The lowest BCUT2D eigenvalue weighted by atomic mass is 10.0. The minimum absolute atomic E-state index is 0.537. The number of rotatable bonds is 4. The topological polar surface area (TPSA) is 70.8 Å². The number of hydrogen-bond donors (Lipinski definition) is 2. The molecule has 0 spiro atoms. The predicted molar refractivity (Wildman–Crippen MR) is 122 cm³/mol. The third-order valence-electron chi connectivity index (χ3n) is 6.05. The van der Waals surface area contributed by atoms with E-state index in [0.29, 0.717) is 5.92 Å². The first-order chi connectivity index (χ1) is 14.6. The zero-order valence-electron chi connectivity index (χ0n) is 17.5. The second-order valence-electron chi connectivity index (χ2n) is 8.52. The van der Waals surface area contributed by atoms with Gasteiger partial charge in [0.05, 0.1) is 5.69 Å². The number of H-pyrrole nitrogens is 1. The van der Waals surface area contributed by atoms with E-state index in [-0.39, 0.29) is 0 Å². The summed E-state index contributed by atoms with van der Waals surface area (Å²) in [7, 11) is 0. The molecule has 0 aliphatic carbocycles. The van der Waals surface area contributed by atoms with E-state index in [9.17, 15) is 0 Å². The summed E-state index contributed by atoms with van der Waals surface area (Å²) in [5, 5.41) is 1.32. The van der Waals surface area contributed by atoms with Crippen molar-refractivity contribution in [3.63, 3.8) is 0 Å². The Morgan fingerprint density at radius 2 is 1.97 bits per heavy atom. The van der Waals surface area contributed by atoms with Crippen LogP contribution in [0.1, 0.15) is 42.1 Å². The Morgan fingerprint density at radius 1 is 1.13 bits per heavy atom. The second kappa shape index (κ2) is 7.58. The van der Waals surface area contributed by atoms with Crippen molar-refractivity contribution in [3.05, 3.63) is 77.2 Å². The van der Waals surface area contributed by atoms with Crippen LogP contribution in [0.4, 0.5) is 5.69 Å². The number of benzene rings is 2. The summed E-state index contributed by atoms with van der Waals surface area (Å²) in [6.07, 6.45) is 5.13. The molecule has 0 unspecified atom stereocenters. The standard InChI is InChI=1S/C25H27N5/c1-16(2)18-5-8-22-20(13-27-23(22)11-18)14-30-10-9-19-12-28-25(29-24(19)15-30)17-3-6-21(26)7-4-17/h3-8,11-13,16,27H,9-10,14-15,26H2,1-2H3. The number of hydrogen-bond acceptors (Lipinski definition) is 4. The Balaban J connectivity index is 1.37. The molecule has 1 aliphatic rings. The highest BCUT2D eigenvalue weighted by atomic mass is 15.1. The van der Waals surface area contributed by atoms with Gasteiger partial charge in [-0.3, -0.25) is 4.90 Å². The summed E-state index contributed by atoms with van der Waals surface area (Å²) in [5.74, 6) is 1.30. The molecule has 5 rings (SSSR count). The van der Waals surface area contributed by atoms with E-state index >= 15 is 0 Å². The summed E-state index contributed by atoms with van der Waals surface area (Å²) >= 11 is 0. The van der Waals surface area contributed by atoms with Gasteiger partial charge in [-0.15, -0.1) is 0 Å². The maximum Gasteiger partial charge on any atom is 0.159 e. The van der Waals surface area contributed by atoms with Crippen LogP contribution >= 0.6 is 0 Å². The molecular weight excluding hydrogens is 370 g/mol. The summed E-state index contributed by atoms with van der Waals surface area (Å²) in [6, 6.07) is 14.5. The van der Waals surface area contributed by atoms with Crippen LogP contribution in [0.2, 0.25) is 0 Å². The van der Waals surface area contributed by atoms with Crippen molar-refractivity contribution in [2.24, 2.45) is 0 Å². The van der Waals surface area contributed by atoms with Crippen LogP contribution in [0.25, 0.3) is 22.3 Å². The highest BCUT2D eigenvalue weighted by Crippen LogP contribution is 2.27. The van der Waals surface area contributed by atoms with Gasteiger partial charge in [-0.1, -0.05) is 26.0 Å². The van der Waals surface area contributed by atoms with Crippen molar-refractivity contribution in [1.82, 2.24) is 19.9 Å². The first-order valence-corrected chi connectivity index (χ1v) is 10.6. The van der Waals surface area contributed by atoms with E-state index in [2.05, 4.69) is 53.1 Å². The zero-order chi connectivity index (χ0) is 20.7. The van der Waals surface area contributed by atoms with Crippen LogP contribution in [-0.4, -0.2) is 26.4 Å². The smallest absolute Gasteiger partial charge is 0.159 e. The van der Waals surface area contributed by atoms with Crippen molar-refractivity contribution in [3.8, 4) is 11.4 Å². The first kappa shape index (κ1) is 18.8. The van der Waals surface area contributed by atoms with Crippen molar-refractivity contribution in [1.29, 1.82) is 0 Å². The van der Waals surface area contributed by atoms with Crippen LogP contribution in [0.15, 0.2) is 54.9 Å². The quantitative estimate of drug-likeness (QED) is 0.481. The third kappa shape index (κ3) is 3.57. The first-order valence-electron chi connectivity index (χ1n) is 10.6. The van der Waals surface area contributed by atoms with Crippen LogP contribution in [-0.2, 0) is 19.5 Å². The van der Waals surface area contributed by atoms with Gasteiger partial charge in [0, 0.05) is 54.2 Å². The molecule has 5 heteroatoms. The minimum Gasteiger partial charge on any atom is -0.399 e. The van der Waals surface area contributed by atoms with Gasteiger partial charge in [-0.25, -0.2) is 9.97 Å². The molecule has 2 aromatic carbocycles. The molecule has 0 amide bonds. The van der Waals surface area contributed by atoms with Gasteiger partial charge < -0.3 is 10.7 Å². The van der Waals surface area contributed by atoms with E-state index < -0.39 is 0 Å². The number of aromatic nitrogens is 3. The Morgan fingerprint density at radius 3 is 2.77 bits per heavy atom. The molecule has 5 nitrogen and oxygen atoms in total. The maximum absolute atomic E-state index is 5.81.